The molecule has 0 fully saturated rings. The Hall–Kier alpha value is -3.08. The van der Waals surface area contributed by atoms with Crippen molar-refractivity contribution >= 4 is 17.4 Å². The van der Waals surface area contributed by atoms with E-state index in [9.17, 15) is 13.9 Å². The number of aromatic nitrogens is 3. The zero-order chi connectivity index (χ0) is 28.6. The fourth-order valence-corrected chi connectivity index (χ4v) is 5.71. The van der Waals surface area contributed by atoms with Crippen molar-refractivity contribution < 1.29 is 23.1 Å². The third-order valence-corrected chi connectivity index (χ3v) is 7.75. The molecule has 1 atom stereocenters. The molecule has 40 heavy (non-hydrogen) atoms. The van der Waals surface area contributed by atoms with Gasteiger partial charge in [-0.05, 0) is 56.5 Å². The molecule has 0 amide bonds. The summed E-state index contributed by atoms with van der Waals surface area (Å²) in [5.41, 5.74) is 6.02. The first kappa shape index (κ1) is 28.4. The second-order valence-electron chi connectivity index (χ2n) is 10.6. The molecule has 0 unspecified atom stereocenters. The molecule has 214 valence electrons. The number of rotatable bonds is 10. The van der Waals surface area contributed by atoms with Crippen molar-refractivity contribution in [1.29, 1.82) is 0 Å². The van der Waals surface area contributed by atoms with E-state index in [2.05, 4.69) is 10.1 Å². The monoisotopic (exact) mass is 573 g/mol. The van der Waals surface area contributed by atoms with E-state index in [1.54, 1.807) is 23.1 Å². The van der Waals surface area contributed by atoms with Gasteiger partial charge in [-0.2, -0.15) is 0 Å². The number of hydrogen-bond donors (Lipinski definition) is 1. The third-order valence-electron chi connectivity index (χ3n) is 7.42. The molecule has 4 heterocycles. The van der Waals surface area contributed by atoms with E-state index < -0.39 is 12.5 Å². The normalized spacial score (nSPS) is 16.4. The molecule has 3 aromatic rings. The smallest absolute Gasteiger partial charge is 0.251 e. The van der Waals surface area contributed by atoms with E-state index in [0.717, 1.165) is 34.5 Å². The van der Waals surface area contributed by atoms with Crippen LogP contribution in [0.2, 0.25) is 5.02 Å². The Balaban J connectivity index is 1.51. The Labute approximate surface area is 237 Å². The summed E-state index contributed by atoms with van der Waals surface area (Å²) in [5, 5.41) is 14.7. The summed E-state index contributed by atoms with van der Waals surface area (Å²) in [4.78, 5) is 13.9. The van der Waals surface area contributed by atoms with Crippen LogP contribution in [0.4, 0.5) is 14.6 Å². The third kappa shape index (κ3) is 5.84. The molecule has 0 saturated heterocycles. The largest absolute Gasteiger partial charge is 0.491 e. The molecule has 5 rings (SSSR count). The van der Waals surface area contributed by atoms with E-state index >= 15 is 0 Å². The fourth-order valence-electron chi connectivity index (χ4n) is 5.51. The first-order chi connectivity index (χ1) is 19.1. The molecule has 0 bridgehead atoms. The number of aryl methyl sites for hydroxylation is 2. The molecule has 11 heteroatoms. The van der Waals surface area contributed by atoms with Crippen molar-refractivity contribution in [2.75, 3.05) is 44.2 Å². The van der Waals surface area contributed by atoms with Gasteiger partial charge in [0.2, 0.25) is 0 Å². The van der Waals surface area contributed by atoms with Crippen LogP contribution in [0.1, 0.15) is 36.8 Å². The van der Waals surface area contributed by atoms with Crippen LogP contribution in [-0.4, -0.2) is 77.0 Å². The van der Waals surface area contributed by atoms with Gasteiger partial charge in [0.05, 0.1) is 34.6 Å². The average Bonchev–Trinajstić information content (AvgIpc) is 3.56. The number of ether oxygens (including phenoxy) is 1. The van der Waals surface area contributed by atoms with E-state index in [4.69, 9.17) is 30.8 Å². The maximum Gasteiger partial charge on any atom is 0.251 e. The van der Waals surface area contributed by atoms with Crippen molar-refractivity contribution in [3.63, 3.8) is 0 Å². The number of halogens is 3. The zero-order valence-corrected chi connectivity index (χ0v) is 23.9. The summed E-state index contributed by atoms with van der Waals surface area (Å²) >= 11 is 6.67. The Kier molecular flexibility index (Phi) is 8.39. The van der Waals surface area contributed by atoms with Gasteiger partial charge >= 0.3 is 0 Å². The molecule has 2 aliphatic heterocycles. The summed E-state index contributed by atoms with van der Waals surface area (Å²) in [6.07, 6.45) is -1.39. The number of alkyl halides is 2. The molecular formula is C29H34ClF2N5O3. The van der Waals surface area contributed by atoms with E-state index in [1.165, 1.54) is 0 Å². The van der Waals surface area contributed by atoms with Crippen LogP contribution in [0.3, 0.4) is 0 Å². The number of hydrogen-bond acceptors (Lipinski definition) is 8. The minimum absolute atomic E-state index is 0.173. The van der Waals surface area contributed by atoms with Crippen LogP contribution in [0.5, 0.6) is 5.75 Å². The van der Waals surface area contributed by atoms with Crippen LogP contribution in [0, 0.1) is 20.8 Å². The molecule has 0 aliphatic carbocycles. The molecule has 2 aromatic heterocycles. The summed E-state index contributed by atoms with van der Waals surface area (Å²) in [5.74, 6) is 2.37. The van der Waals surface area contributed by atoms with Crippen LogP contribution in [0.15, 0.2) is 33.9 Å². The van der Waals surface area contributed by atoms with Gasteiger partial charge in [-0.1, -0.05) is 30.1 Å². The first-order valence-electron chi connectivity index (χ1n) is 13.5. The zero-order valence-electron chi connectivity index (χ0n) is 23.2. The van der Waals surface area contributed by atoms with Crippen molar-refractivity contribution in [3.8, 4) is 28.4 Å². The van der Waals surface area contributed by atoms with Gasteiger partial charge in [-0.3, -0.25) is 4.90 Å². The lowest BCUT2D eigenvalue weighted by molar-refractivity contribution is 0.0993. The fraction of sp³-hybridized carbons (Fsp3) is 0.483. The highest BCUT2D eigenvalue weighted by molar-refractivity contribution is 6.33. The Morgan fingerprint density at radius 2 is 1.82 bits per heavy atom. The Bertz CT molecular complexity index is 1390. The molecule has 1 N–H and O–H groups in total. The lowest BCUT2D eigenvalue weighted by Crippen LogP contribution is -2.33. The van der Waals surface area contributed by atoms with Crippen molar-refractivity contribution in [3.05, 3.63) is 51.4 Å². The standard InChI is InChI=1S/C29H34ClF2N5O3/c1-5-6-21(38)15-39-22-7-8-24(30)23(9-22)28-33-27(26-17(3)35-40-18(26)4)16(2)29(34-28)37-12-19-10-36(14-25(31)32)11-20(19)13-37/h7-9,21,25,38H,5-6,10-15H2,1-4H3/t21-/m1/s1. The van der Waals surface area contributed by atoms with Gasteiger partial charge in [0.25, 0.3) is 6.43 Å². The summed E-state index contributed by atoms with van der Waals surface area (Å²) < 4.78 is 37.2. The van der Waals surface area contributed by atoms with Gasteiger partial charge in [0.15, 0.2) is 5.82 Å². The Morgan fingerprint density at radius 3 is 2.45 bits per heavy atom. The topological polar surface area (TPSA) is 87.7 Å². The Morgan fingerprint density at radius 1 is 1.10 bits per heavy atom. The lowest BCUT2D eigenvalue weighted by Gasteiger charge is -2.25. The maximum absolute atomic E-state index is 13.0. The average molecular weight is 574 g/mol. The van der Waals surface area contributed by atoms with Gasteiger partial charge in [0.1, 0.15) is 23.9 Å². The summed E-state index contributed by atoms with van der Waals surface area (Å²) in [7, 11) is 0. The van der Waals surface area contributed by atoms with Crippen LogP contribution >= 0.6 is 11.6 Å². The number of benzene rings is 1. The van der Waals surface area contributed by atoms with Gasteiger partial charge in [-0.25, -0.2) is 18.7 Å². The molecule has 2 aliphatic rings. The van der Waals surface area contributed by atoms with Crippen LogP contribution < -0.4 is 9.64 Å². The van der Waals surface area contributed by atoms with Crippen molar-refractivity contribution in [1.82, 2.24) is 20.0 Å². The highest BCUT2D eigenvalue weighted by Crippen LogP contribution is 2.39. The first-order valence-corrected chi connectivity index (χ1v) is 13.9. The van der Waals surface area contributed by atoms with Crippen molar-refractivity contribution in [2.45, 2.75) is 53.1 Å². The lowest BCUT2D eigenvalue weighted by atomic mass is 10.0. The van der Waals surface area contributed by atoms with E-state index in [1.807, 2.05) is 27.7 Å². The molecule has 1 aromatic carbocycles. The number of nitrogens with zero attached hydrogens (tertiary/aromatic N) is 5. The van der Waals surface area contributed by atoms with E-state index in [-0.39, 0.29) is 13.2 Å². The van der Waals surface area contributed by atoms with E-state index in [0.29, 0.717) is 71.9 Å². The van der Waals surface area contributed by atoms with Gasteiger partial charge < -0.3 is 19.3 Å². The van der Waals surface area contributed by atoms with Crippen LogP contribution in [-0.2, 0) is 0 Å². The van der Waals surface area contributed by atoms with Gasteiger partial charge in [0, 0.05) is 37.3 Å². The van der Waals surface area contributed by atoms with Crippen molar-refractivity contribution in [2.24, 2.45) is 0 Å². The SMILES string of the molecule is CCC[C@@H](O)COc1ccc(Cl)c(-c2nc(-c3c(C)noc3C)c(C)c(N3CC4=C(CN(CC(F)F)C4)C3)n2)c1. The quantitative estimate of drug-likeness (QED) is 0.313. The summed E-state index contributed by atoms with van der Waals surface area (Å²) in [6.45, 7) is 9.97. The summed E-state index contributed by atoms with van der Waals surface area (Å²) in [6, 6.07) is 5.28. The number of anilines is 1. The molecule has 0 radical (unpaired) electrons. The van der Waals surface area contributed by atoms with Crippen LogP contribution in [0.25, 0.3) is 22.6 Å². The minimum Gasteiger partial charge on any atom is -0.491 e. The molecule has 8 nitrogen and oxygen atoms in total. The second kappa shape index (κ2) is 11.8. The number of aliphatic hydroxyl groups excluding tert-OH is 1. The number of aliphatic hydroxyl groups is 1. The second-order valence-corrected chi connectivity index (χ2v) is 11.0. The predicted octanol–water partition coefficient (Wildman–Crippen LogP) is 5.61. The molecule has 0 saturated carbocycles. The maximum atomic E-state index is 13.0. The molecule has 0 spiro atoms. The predicted molar refractivity (Wildman–Crippen MR) is 150 cm³/mol. The minimum atomic E-state index is -2.35. The van der Waals surface area contributed by atoms with Gasteiger partial charge in [-0.15, -0.1) is 0 Å². The molecular weight excluding hydrogens is 540 g/mol. The highest BCUT2D eigenvalue weighted by atomic mass is 35.5. The highest BCUT2D eigenvalue weighted by Gasteiger charge is 2.33.